The van der Waals surface area contributed by atoms with Crippen LogP contribution >= 0.6 is 11.6 Å². The molecule has 0 aromatic carbocycles. The Morgan fingerprint density at radius 3 is 2.65 bits per heavy atom. The molecule has 0 unspecified atom stereocenters. The van der Waals surface area contributed by atoms with E-state index < -0.39 is 0 Å². The van der Waals surface area contributed by atoms with Crippen LogP contribution in [0, 0.1) is 5.41 Å². The van der Waals surface area contributed by atoms with Gasteiger partial charge in [-0.25, -0.2) is 4.98 Å². The van der Waals surface area contributed by atoms with Crippen LogP contribution in [-0.4, -0.2) is 29.4 Å². The van der Waals surface area contributed by atoms with Gasteiger partial charge in [0.2, 0.25) is 0 Å². The van der Waals surface area contributed by atoms with Gasteiger partial charge in [0.15, 0.2) is 0 Å². The molecule has 94 valence electrons. The molecule has 1 heterocycles. The average Bonchev–Trinajstić information content (AvgIpc) is 2.18. The lowest BCUT2D eigenvalue weighted by Gasteiger charge is -2.27. The first kappa shape index (κ1) is 13.8. The maximum absolute atomic E-state index is 12.2. The highest BCUT2D eigenvalue weighted by molar-refractivity contribution is 6.29. The van der Waals surface area contributed by atoms with E-state index in [4.69, 9.17) is 17.3 Å². The zero-order valence-corrected chi connectivity index (χ0v) is 11.4. The lowest BCUT2D eigenvalue weighted by Crippen LogP contribution is -2.34. The maximum Gasteiger partial charge on any atom is 0.255 e. The molecule has 4 nitrogen and oxygen atoms in total. The molecular weight excluding hydrogens is 238 g/mol. The summed E-state index contributed by atoms with van der Waals surface area (Å²) in [5, 5.41) is 0.270. The molecule has 1 aromatic rings. The second kappa shape index (κ2) is 4.92. The Balaban J connectivity index is 2.93. The first-order valence-corrected chi connectivity index (χ1v) is 5.75. The van der Waals surface area contributed by atoms with E-state index in [1.807, 2.05) is 0 Å². The van der Waals surface area contributed by atoms with Gasteiger partial charge in [-0.05, 0) is 11.5 Å². The highest BCUT2D eigenvalue weighted by Crippen LogP contribution is 2.20. The Kier molecular flexibility index (Phi) is 3.98. The van der Waals surface area contributed by atoms with Crippen molar-refractivity contribution in [1.82, 2.24) is 9.88 Å². The molecule has 0 saturated carbocycles. The quantitative estimate of drug-likeness (QED) is 0.826. The fourth-order valence-corrected chi connectivity index (χ4v) is 1.77. The summed E-state index contributed by atoms with van der Waals surface area (Å²) in [7, 11) is 1.75. The number of hydrogen-bond donors (Lipinski definition) is 1. The molecule has 0 fully saturated rings. The highest BCUT2D eigenvalue weighted by atomic mass is 35.5. The molecule has 1 rings (SSSR count). The first-order valence-electron chi connectivity index (χ1n) is 5.37. The largest absolute Gasteiger partial charge is 0.397 e. The number of nitrogen functional groups attached to an aromatic ring is 1. The molecule has 5 heteroatoms. The average molecular weight is 256 g/mol. The number of carbonyl (C=O) groups is 1. The molecule has 17 heavy (non-hydrogen) atoms. The number of pyridine rings is 1. The minimum absolute atomic E-state index is 0.0377. The summed E-state index contributed by atoms with van der Waals surface area (Å²) in [6.45, 7) is 6.85. The molecule has 0 aliphatic heterocycles. The van der Waals surface area contributed by atoms with Crippen molar-refractivity contribution >= 4 is 23.2 Å². The van der Waals surface area contributed by atoms with Gasteiger partial charge in [0, 0.05) is 13.6 Å². The van der Waals surface area contributed by atoms with Crippen LogP contribution in [0.2, 0.25) is 5.15 Å². The van der Waals surface area contributed by atoms with Gasteiger partial charge in [-0.2, -0.15) is 0 Å². The van der Waals surface area contributed by atoms with Crippen LogP contribution in [-0.2, 0) is 0 Å². The summed E-state index contributed by atoms with van der Waals surface area (Å²) < 4.78 is 0. The highest BCUT2D eigenvalue weighted by Gasteiger charge is 2.20. The van der Waals surface area contributed by atoms with Crippen molar-refractivity contribution in [3.8, 4) is 0 Å². The molecule has 0 radical (unpaired) electrons. The van der Waals surface area contributed by atoms with Gasteiger partial charge in [0.1, 0.15) is 5.15 Å². The summed E-state index contributed by atoms with van der Waals surface area (Å²) in [6, 6.07) is 1.50. The number of carbonyl (C=O) groups excluding carboxylic acids is 1. The third kappa shape index (κ3) is 3.89. The normalized spacial score (nSPS) is 11.4. The fraction of sp³-hybridized carbons (Fsp3) is 0.500. The van der Waals surface area contributed by atoms with E-state index >= 15 is 0 Å². The van der Waals surface area contributed by atoms with Gasteiger partial charge in [0.25, 0.3) is 5.91 Å². The van der Waals surface area contributed by atoms with Gasteiger partial charge in [0.05, 0.1) is 17.4 Å². The number of amides is 1. The summed E-state index contributed by atoms with van der Waals surface area (Å²) in [5.74, 6) is -0.137. The smallest absolute Gasteiger partial charge is 0.255 e. The SMILES string of the molecule is CN(CC(C)(C)C)C(=O)c1cc(Cl)ncc1N. The standard InChI is InChI=1S/C12H18ClN3O/c1-12(2,3)7-16(4)11(17)8-5-10(13)15-6-9(8)14/h5-6H,7,14H2,1-4H3. The van der Waals surface area contributed by atoms with Crippen molar-refractivity contribution in [2.45, 2.75) is 20.8 Å². The van der Waals surface area contributed by atoms with E-state index in [2.05, 4.69) is 25.8 Å². The van der Waals surface area contributed by atoms with Crippen LogP contribution in [0.5, 0.6) is 0 Å². The van der Waals surface area contributed by atoms with E-state index in [0.29, 0.717) is 17.8 Å². The van der Waals surface area contributed by atoms with Gasteiger partial charge in [-0.15, -0.1) is 0 Å². The lowest BCUT2D eigenvalue weighted by molar-refractivity contribution is 0.0746. The summed E-state index contributed by atoms with van der Waals surface area (Å²) in [4.78, 5) is 17.6. The minimum Gasteiger partial charge on any atom is -0.397 e. The van der Waals surface area contributed by atoms with Gasteiger partial charge < -0.3 is 10.6 Å². The number of nitrogens with zero attached hydrogens (tertiary/aromatic N) is 2. The zero-order chi connectivity index (χ0) is 13.2. The van der Waals surface area contributed by atoms with Gasteiger partial charge in [-0.1, -0.05) is 32.4 Å². The predicted octanol–water partition coefficient (Wildman–Crippen LogP) is 2.44. The van der Waals surface area contributed by atoms with Crippen molar-refractivity contribution < 1.29 is 4.79 Å². The molecule has 0 aliphatic carbocycles. The Hall–Kier alpha value is -1.29. The Morgan fingerprint density at radius 2 is 2.12 bits per heavy atom. The molecule has 0 spiro atoms. The van der Waals surface area contributed by atoms with Crippen LogP contribution in [0.1, 0.15) is 31.1 Å². The van der Waals surface area contributed by atoms with E-state index in [-0.39, 0.29) is 16.5 Å². The number of anilines is 1. The van der Waals surface area contributed by atoms with Crippen molar-refractivity contribution in [2.75, 3.05) is 19.3 Å². The summed E-state index contributed by atoms with van der Waals surface area (Å²) in [6.07, 6.45) is 1.40. The lowest BCUT2D eigenvalue weighted by atomic mass is 9.96. The molecule has 0 bridgehead atoms. The first-order chi connectivity index (χ1) is 7.70. The number of nitrogens with two attached hydrogens (primary N) is 1. The third-order valence-corrected chi connectivity index (χ3v) is 2.40. The molecular formula is C12H18ClN3O. The van der Waals surface area contributed by atoms with Crippen LogP contribution < -0.4 is 5.73 Å². The predicted molar refractivity (Wildman–Crippen MR) is 70.1 cm³/mol. The van der Waals surface area contributed by atoms with Crippen LogP contribution in [0.4, 0.5) is 5.69 Å². The van der Waals surface area contributed by atoms with Crippen LogP contribution in [0.15, 0.2) is 12.3 Å². The molecule has 1 aromatic heterocycles. The van der Waals surface area contributed by atoms with Gasteiger partial charge in [-0.3, -0.25) is 4.79 Å². The second-order valence-corrected chi connectivity index (χ2v) is 5.70. The van der Waals surface area contributed by atoms with Gasteiger partial charge >= 0.3 is 0 Å². The number of hydrogen-bond acceptors (Lipinski definition) is 3. The minimum atomic E-state index is -0.137. The van der Waals surface area contributed by atoms with Crippen molar-refractivity contribution in [3.63, 3.8) is 0 Å². The van der Waals surface area contributed by atoms with E-state index in [9.17, 15) is 4.79 Å². The number of aromatic nitrogens is 1. The molecule has 1 amide bonds. The summed E-state index contributed by atoms with van der Waals surface area (Å²) in [5.41, 5.74) is 6.51. The van der Waals surface area contributed by atoms with E-state index in [0.717, 1.165) is 0 Å². The molecule has 0 atom stereocenters. The molecule has 0 aliphatic rings. The molecule has 2 N–H and O–H groups in total. The van der Waals surface area contributed by atoms with E-state index in [1.165, 1.54) is 12.3 Å². The number of halogens is 1. The zero-order valence-electron chi connectivity index (χ0n) is 10.6. The summed E-state index contributed by atoms with van der Waals surface area (Å²) >= 11 is 5.76. The van der Waals surface area contributed by atoms with Crippen molar-refractivity contribution in [2.24, 2.45) is 5.41 Å². The van der Waals surface area contributed by atoms with Crippen LogP contribution in [0.3, 0.4) is 0 Å². The Labute approximate surface area is 107 Å². The van der Waals surface area contributed by atoms with Crippen LogP contribution in [0.25, 0.3) is 0 Å². The topological polar surface area (TPSA) is 59.2 Å². The number of rotatable bonds is 2. The molecule has 0 saturated heterocycles. The van der Waals surface area contributed by atoms with Crippen molar-refractivity contribution in [1.29, 1.82) is 0 Å². The second-order valence-electron chi connectivity index (χ2n) is 5.32. The Morgan fingerprint density at radius 1 is 1.53 bits per heavy atom. The maximum atomic E-state index is 12.2. The fourth-order valence-electron chi connectivity index (χ4n) is 1.61. The monoisotopic (exact) mass is 255 g/mol. The Bertz CT molecular complexity index is 426. The van der Waals surface area contributed by atoms with E-state index in [1.54, 1.807) is 11.9 Å². The third-order valence-electron chi connectivity index (χ3n) is 2.19. The van der Waals surface area contributed by atoms with Crippen molar-refractivity contribution in [3.05, 3.63) is 23.0 Å².